The Bertz CT molecular complexity index is 584. The van der Waals surface area contributed by atoms with Gasteiger partial charge in [0, 0.05) is 17.8 Å². The summed E-state index contributed by atoms with van der Waals surface area (Å²) in [5.74, 6) is -0.323. The Balaban J connectivity index is 2.42. The van der Waals surface area contributed by atoms with Crippen LogP contribution in [0.3, 0.4) is 0 Å². The number of hydrogen-bond donors (Lipinski definition) is 1. The van der Waals surface area contributed by atoms with Gasteiger partial charge in [0.2, 0.25) is 0 Å². The predicted octanol–water partition coefficient (Wildman–Crippen LogP) is 3.62. The van der Waals surface area contributed by atoms with Crippen LogP contribution in [0.1, 0.15) is 12.5 Å². The second-order valence-corrected chi connectivity index (χ2v) is 4.55. The van der Waals surface area contributed by atoms with Crippen LogP contribution in [0.15, 0.2) is 48.5 Å². The van der Waals surface area contributed by atoms with Crippen molar-refractivity contribution in [2.24, 2.45) is 5.73 Å². The van der Waals surface area contributed by atoms with Crippen molar-refractivity contribution in [3.8, 4) is 0 Å². The van der Waals surface area contributed by atoms with E-state index in [0.717, 1.165) is 5.69 Å². The molecule has 2 rings (SSSR count). The average Bonchev–Trinajstić information content (AvgIpc) is 2.42. The molecule has 0 aliphatic rings. The van der Waals surface area contributed by atoms with E-state index in [1.54, 1.807) is 12.1 Å². The van der Waals surface area contributed by atoms with Crippen LogP contribution >= 0.6 is 12.2 Å². The number of nitrogens with two attached hydrogens (primary N) is 1. The van der Waals surface area contributed by atoms with Gasteiger partial charge in [0.15, 0.2) is 0 Å². The lowest BCUT2D eigenvalue weighted by Gasteiger charge is -2.24. The summed E-state index contributed by atoms with van der Waals surface area (Å²) in [6.45, 7) is 2.65. The molecule has 0 saturated carbocycles. The van der Waals surface area contributed by atoms with Gasteiger partial charge in [0.05, 0.1) is 5.69 Å². The fourth-order valence-electron chi connectivity index (χ4n) is 1.98. The highest BCUT2D eigenvalue weighted by Crippen LogP contribution is 2.27. The Kier molecular flexibility index (Phi) is 4.12. The molecule has 98 valence electrons. The summed E-state index contributed by atoms with van der Waals surface area (Å²) in [5, 5.41) is 0. The first-order chi connectivity index (χ1) is 9.13. The van der Waals surface area contributed by atoms with E-state index in [2.05, 4.69) is 0 Å². The van der Waals surface area contributed by atoms with E-state index < -0.39 is 0 Å². The number of para-hydroxylation sites is 1. The van der Waals surface area contributed by atoms with E-state index in [-0.39, 0.29) is 10.8 Å². The molecule has 2 N–H and O–H groups in total. The first-order valence-electron chi connectivity index (χ1n) is 6.05. The molecular weight excluding hydrogens is 259 g/mol. The zero-order chi connectivity index (χ0) is 13.8. The molecule has 0 spiro atoms. The van der Waals surface area contributed by atoms with E-state index in [0.29, 0.717) is 17.8 Å². The lowest BCUT2D eigenvalue weighted by Crippen LogP contribution is -2.18. The van der Waals surface area contributed by atoms with Crippen molar-refractivity contribution < 1.29 is 4.39 Å². The van der Waals surface area contributed by atoms with Gasteiger partial charge >= 0.3 is 0 Å². The Morgan fingerprint density at radius 1 is 1.21 bits per heavy atom. The molecule has 0 atom stereocenters. The molecule has 4 heteroatoms. The third-order valence-corrected chi connectivity index (χ3v) is 3.14. The summed E-state index contributed by atoms with van der Waals surface area (Å²) in [5.41, 5.74) is 7.52. The van der Waals surface area contributed by atoms with Crippen LogP contribution in [-0.4, -0.2) is 11.5 Å². The SMILES string of the molecule is CCN(c1ccccc1)c1ccc(C(N)=S)cc1F. The van der Waals surface area contributed by atoms with Crippen LogP contribution in [0.25, 0.3) is 0 Å². The smallest absolute Gasteiger partial charge is 0.147 e. The second kappa shape index (κ2) is 5.80. The fraction of sp³-hybridized carbons (Fsp3) is 0.133. The molecule has 0 heterocycles. The van der Waals surface area contributed by atoms with Crippen molar-refractivity contribution >= 4 is 28.6 Å². The topological polar surface area (TPSA) is 29.3 Å². The predicted molar refractivity (Wildman–Crippen MR) is 81.4 cm³/mol. The summed E-state index contributed by atoms with van der Waals surface area (Å²) >= 11 is 4.85. The summed E-state index contributed by atoms with van der Waals surface area (Å²) in [6, 6.07) is 14.5. The van der Waals surface area contributed by atoms with Gasteiger partial charge in [-0.15, -0.1) is 0 Å². The van der Waals surface area contributed by atoms with E-state index >= 15 is 0 Å². The highest BCUT2D eigenvalue weighted by molar-refractivity contribution is 7.80. The lowest BCUT2D eigenvalue weighted by atomic mass is 10.1. The fourth-order valence-corrected chi connectivity index (χ4v) is 2.11. The maximum absolute atomic E-state index is 14.2. The number of halogens is 1. The van der Waals surface area contributed by atoms with Crippen LogP contribution in [-0.2, 0) is 0 Å². The minimum Gasteiger partial charge on any atom is -0.389 e. The minimum atomic E-state index is -0.323. The summed E-state index contributed by atoms with van der Waals surface area (Å²) in [7, 11) is 0. The highest BCUT2D eigenvalue weighted by atomic mass is 32.1. The van der Waals surface area contributed by atoms with Gasteiger partial charge in [-0.25, -0.2) is 4.39 Å². The van der Waals surface area contributed by atoms with Crippen molar-refractivity contribution in [1.82, 2.24) is 0 Å². The number of rotatable bonds is 4. The standard InChI is InChI=1S/C15H15FN2S/c1-2-18(12-6-4-3-5-7-12)14-9-8-11(15(17)19)10-13(14)16/h3-10H,2H2,1H3,(H2,17,19). The second-order valence-electron chi connectivity index (χ2n) is 4.11. The molecule has 0 aromatic heterocycles. The van der Waals surface area contributed by atoms with E-state index in [1.807, 2.05) is 42.2 Å². The van der Waals surface area contributed by atoms with Crippen molar-refractivity contribution in [3.05, 3.63) is 59.9 Å². The van der Waals surface area contributed by atoms with Crippen LogP contribution < -0.4 is 10.6 Å². The van der Waals surface area contributed by atoms with Gasteiger partial charge in [0.1, 0.15) is 10.8 Å². The Morgan fingerprint density at radius 3 is 2.42 bits per heavy atom. The van der Waals surface area contributed by atoms with Gasteiger partial charge in [-0.1, -0.05) is 30.4 Å². The zero-order valence-electron chi connectivity index (χ0n) is 10.6. The molecule has 0 saturated heterocycles. The normalized spacial score (nSPS) is 10.2. The third kappa shape index (κ3) is 2.90. The monoisotopic (exact) mass is 274 g/mol. The molecule has 0 aliphatic heterocycles. The van der Waals surface area contributed by atoms with Crippen molar-refractivity contribution in [2.45, 2.75) is 6.92 Å². The summed E-state index contributed by atoms with van der Waals surface area (Å²) in [6.07, 6.45) is 0. The number of benzene rings is 2. The van der Waals surface area contributed by atoms with Crippen LogP contribution in [0.5, 0.6) is 0 Å². The molecule has 2 aromatic carbocycles. The third-order valence-electron chi connectivity index (χ3n) is 2.91. The van der Waals surface area contributed by atoms with E-state index in [1.165, 1.54) is 6.07 Å². The minimum absolute atomic E-state index is 0.202. The van der Waals surface area contributed by atoms with Crippen molar-refractivity contribution in [1.29, 1.82) is 0 Å². The van der Waals surface area contributed by atoms with E-state index in [9.17, 15) is 4.39 Å². The summed E-state index contributed by atoms with van der Waals surface area (Å²) in [4.78, 5) is 2.10. The number of anilines is 2. The number of nitrogens with zero attached hydrogens (tertiary/aromatic N) is 1. The van der Waals surface area contributed by atoms with Gasteiger partial charge < -0.3 is 10.6 Å². The molecule has 19 heavy (non-hydrogen) atoms. The lowest BCUT2D eigenvalue weighted by molar-refractivity contribution is 0.625. The molecule has 0 bridgehead atoms. The Hall–Kier alpha value is -1.94. The molecule has 0 aliphatic carbocycles. The molecule has 2 nitrogen and oxygen atoms in total. The first kappa shape index (κ1) is 13.5. The van der Waals surface area contributed by atoms with Crippen LogP contribution in [0, 0.1) is 5.82 Å². The molecule has 0 unspecified atom stereocenters. The highest BCUT2D eigenvalue weighted by Gasteiger charge is 2.12. The quantitative estimate of drug-likeness (QED) is 0.863. The summed E-state index contributed by atoms with van der Waals surface area (Å²) < 4.78 is 14.2. The maximum Gasteiger partial charge on any atom is 0.147 e. The molecule has 0 radical (unpaired) electrons. The molecule has 2 aromatic rings. The molecular formula is C15H15FN2S. The number of thiocarbonyl (C=S) groups is 1. The van der Waals surface area contributed by atoms with Gasteiger partial charge in [-0.05, 0) is 37.3 Å². The van der Waals surface area contributed by atoms with Crippen LogP contribution in [0.4, 0.5) is 15.8 Å². The van der Waals surface area contributed by atoms with Gasteiger partial charge in [-0.3, -0.25) is 0 Å². The van der Waals surface area contributed by atoms with Gasteiger partial charge in [-0.2, -0.15) is 0 Å². The Labute approximate surface area is 117 Å². The van der Waals surface area contributed by atoms with Gasteiger partial charge in [0.25, 0.3) is 0 Å². The van der Waals surface area contributed by atoms with Crippen molar-refractivity contribution in [2.75, 3.05) is 11.4 Å². The van der Waals surface area contributed by atoms with Crippen LogP contribution in [0.2, 0.25) is 0 Å². The Morgan fingerprint density at radius 2 is 1.89 bits per heavy atom. The maximum atomic E-state index is 14.2. The van der Waals surface area contributed by atoms with E-state index in [4.69, 9.17) is 18.0 Å². The first-order valence-corrected chi connectivity index (χ1v) is 6.46. The number of hydrogen-bond acceptors (Lipinski definition) is 2. The largest absolute Gasteiger partial charge is 0.389 e. The van der Waals surface area contributed by atoms with Crippen molar-refractivity contribution in [3.63, 3.8) is 0 Å². The zero-order valence-corrected chi connectivity index (χ0v) is 11.5. The molecule has 0 fully saturated rings. The molecule has 0 amide bonds. The average molecular weight is 274 g/mol.